The molecule has 0 aliphatic carbocycles. The van der Waals surface area contributed by atoms with Crippen molar-refractivity contribution in [1.82, 2.24) is 20.6 Å². The van der Waals surface area contributed by atoms with E-state index in [1.807, 2.05) is 37.2 Å². The van der Waals surface area contributed by atoms with Crippen molar-refractivity contribution in [2.75, 3.05) is 65.9 Å². The molecule has 1 fully saturated rings. The first kappa shape index (κ1) is 39.8. The Morgan fingerprint density at radius 2 is 1.82 bits per heavy atom. The molecule has 268 valence electrons. The highest BCUT2D eigenvalue weighted by atomic mass is 19.1. The maximum Gasteiger partial charge on any atom is 0.219 e. The standard InChI is InChI=1S/C33H39FN4O3.C6H11NO2/c1-5-26-11-12-30(20-27(26)13-18-41-35-2)38-16-14-37(15-17-38)21-25-9-10-29(32(34)19-25)24-40-33-8-6-7-28(23-39)31(33)22-36(3)4;1-7-6(9)4-2-3-5-8/h1,6-12,19-20,23,35H,13-18,21-22,24H2,2-4H3;5H,2-4H2,1H3,(H,7,9). The second-order valence-corrected chi connectivity index (χ2v) is 12.2. The molecule has 0 unspecified atom stereocenters. The van der Waals surface area contributed by atoms with Crippen LogP contribution in [0.1, 0.15) is 57.4 Å². The van der Waals surface area contributed by atoms with Crippen molar-refractivity contribution in [2.24, 2.45) is 0 Å². The molecule has 0 spiro atoms. The third-order valence-electron chi connectivity index (χ3n) is 8.28. The number of carbonyl (C=O) groups is 3. The highest BCUT2D eigenvalue weighted by molar-refractivity contribution is 5.78. The van der Waals surface area contributed by atoms with E-state index in [0.717, 1.165) is 73.1 Å². The third kappa shape index (κ3) is 12.7. The Hall–Kier alpha value is -4.60. The van der Waals surface area contributed by atoms with Gasteiger partial charge in [0, 0.05) is 94.1 Å². The van der Waals surface area contributed by atoms with E-state index < -0.39 is 0 Å². The summed E-state index contributed by atoms with van der Waals surface area (Å²) in [5.74, 6) is 3.07. The maximum atomic E-state index is 15.1. The number of ether oxygens (including phenoxy) is 1. The van der Waals surface area contributed by atoms with E-state index in [9.17, 15) is 14.4 Å². The normalized spacial score (nSPS) is 12.9. The molecule has 0 radical (unpaired) electrons. The second kappa shape index (κ2) is 21.5. The predicted molar refractivity (Wildman–Crippen MR) is 195 cm³/mol. The van der Waals surface area contributed by atoms with Crippen LogP contribution in [0, 0.1) is 18.2 Å². The Bertz CT molecular complexity index is 1580. The van der Waals surface area contributed by atoms with Crippen LogP contribution in [0.25, 0.3) is 0 Å². The summed E-state index contributed by atoms with van der Waals surface area (Å²) < 4.78 is 21.0. The Morgan fingerprint density at radius 1 is 1.04 bits per heavy atom. The first-order valence-electron chi connectivity index (χ1n) is 16.8. The number of aldehydes is 2. The van der Waals surface area contributed by atoms with Crippen molar-refractivity contribution < 1.29 is 28.3 Å². The Balaban J connectivity index is 0.000000661. The molecule has 0 bridgehead atoms. The van der Waals surface area contributed by atoms with Gasteiger partial charge in [-0.1, -0.05) is 30.2 Å². The molecule has 0 atom stereocenters. The van der Waals surface area contributed by atoms with Gasteiger partial charge in [0.1, 0.15) is 24.5 Å². The summed E-state index contributed by atoms with van der Waals surface area (Å²) in [6.45, 7) is 5.40. The van der Waals surface area contributed by atoms with Gasteiger partial charge in [0.2, 0.25) is 5.91 Å². The van der Waals surface area contributed by atoms with E-state index in [2.05, 4.69) is 38.6 Å². The molecular formula is C39H50FN5O5. The number of nitrogens with zero attached hydrogens (tertiary/aromatic N) is 3. The Morgan fingerprint density at radius 3 is 2.46 bits per heavy atom. The molecule has 0 saturated carbocycles. The lowest BCUT2D eigenvalue weighted by Gasteiger charge is -2.36. The largest absolute Gasteiger partial charge is 0.488 e. The van der Waals surface area contributed by atoms with Crippen LogP contribution < -0.4 is 20.4 Å². The van der Waals surface area contributed by atoms with Crippen molar-refractivity contribution in [3.05, 3.63) is 93.8 Å². The smallest absolute Gasteiger partial charge is 0.219 e. The summed E-state index contributed by atoms with van der Waals surface area (Å²) in [4.78, 5) is 43.7. The molecule has 1 aliphatic heterocycles. The quantitative estimate of drug-likeness (QED) is 0.0927. The monoisotopic (exact) mass is 687 g/mol. The number of halogens is 1. The summed E-state index contributed by atoms with van der Waals surface area (Å²) in [5, 5.41) is 2.47. The summed E-state index contributed by atoms with van der Waals surface area (Å²) in [6, 6.07) is 17.0. The summed E-state index contributed by atoms with van der Waals surface area (Å²) >= 11 is 0. The maximum absolute atomic E-state index is 15.1. The molecule has 2 N–H and O–H groups in total. The van der Waals surface area contributed by atoms with E-state index in [1.54, 1.807) is 38.4 Å². The van der Waals surface area contributed by atoms with E-state index in [-0.39, 0.29) is 18.3 Å². The molecule has 11 heteroatoms. The fraction of sp³-hybridized carbons (Fsp3) is 0.410. The van der Waals surface area contributed by atoms with Crippen LogP contribution in [-0.2, 0) is 40.5 Å². The molecule has 10 nitrogen and oxygen atoms in total. The van der Waals surface area contributed by atoms with Crippen LogP contribution in [0.15, 0.2) is 54.6 Å². The SMILES string of the molecule is C#Cc1ccc(N2CCN(Cc3ccc(COc4cccc(C=O)c4CN(C)C)c(F)c3)CC2)cc1CCONC.CNC(=O)CCCC=O. The third-order valence-corrected chi connectivity index (χ3v) is 8.28. The number of nitrogens with one attached hydrogen (secondary N) is 2. The van der Waals surface area contributed by atoms with Crippen LogP contribution in [0.5, 0.6) is 5.75 Å². The van der Waals surface area contributed by atoms with Crippen molar-refractivity contribution in [3.63, 3.8) is 0 Å². The molecule has 50 heavy (non-hydrogen) atoms. The number of rotatable bonds is 17. The zero-order valence-corrected chi connectivity index (χ0v) is 29.7. The fourth-order valence-corrected chi connectivity index (χ4v) is 5.56. The lowest BCUT2D eigenvalue weighted by Crippen LogP contribution is -2.46. The van der Waals surface area contributed by atoms with Gasteiger partial charge < -0.3 is 29.5 Å². The average molecular weight is 688 g/mol. The zero-order chi connectivity index (χ0) is 36.3. The number of anilines is 1. The molecular weight excluding hydrogens is 637 g/mol. The van der Waals surface area contributed by atoms with Gasteiger partial charge in [-0.05, 0) is 68.4 Å². The molecule has 3 aromatic rings. The molecule has 3 aromatic carbocycles. The summed E-state index contributed by atoms with van der Waals surface area (Å²) in [7, 11) is 7.19. The van der Waals surface area contributed by atoms with E-state index >= 15 is 4.39 Å². The van der Waals surface area contributed by atoms with Gasteiger partial charge in [0.25, 0.3) is 0 Å². The molecule has 0 aromatic heterocycles. The number of amides is 1. The molecule has 1 amide bonds. The predicted octanol–water partition coefficient (Wildman–Crippen LogP) is 4.38. The Labute approximate surface area is 295 Å². The zero-order valence-electron chi connectivity index (χ0n) is 29.7. The Kier molecular flexibility index (Phi) is 17.1. The van der Waals surface area contributed by atoms with Gasteiger partial charge in [-0.15, -0.1) is 6.42 Å². The number of unbranched alkanes of at least 4 members (excludes halogenated alkanes) is 1. The van der Waals surface area contributed by atoms with Gasteiger partial charge >= 0.3 is 0 Å². The van der Waals surface area contributed by atoms with Gasteiger partial charge in [0.15, 0.2) is 6.29 Å². The minimum Gasteiger partial charge on any atom is -0.488 e. The first-order valence-corrected chi connectivity index (χ1v) is 16.8. The number of terminal acetylenes is 1. The summed E-state index contributed by atoms with van der Waals surface area (Å²) in [5.41, 5.74) is 8.65. The van der Waals surface area contributed by atoms with E-state index in [0.29, 0.717) is 55.8 Å². The molecule has 1 aliphatic rings. The van der Waals surface area contributed by atoms with Crippen molar-refractivity contribution in [2.45, 2.75) is 45.4 Å². The van der Waals surface area contributed by atoms with Crippen molar-refractivity contribution >= 4 is 24.2 Å². The number of benzene rings is 3. The minimum absolute atomic E-state index is 0.00292. The molecule has 4 rings (SSSR count). The van der Waals surface area contributed by atoms with Gasteiger partial charge in [-0.25, -0.2) is 9.87 Å². The number of hydrogen-bond donors (Lipinski definition) is 2. The first-order chi connectivity index (χ1) is 24.2. The highest BCUT2D eigenvalue weighted by Gasteiger charge is 2.19. The van der Waals surface area contributed by atoms with Crippen LogP contribution in [0.4, 0.5) is 10.1 Å². The van der Waals surface area contributed by atoms with Gasteiger partial charge in [-0.3, -0.25) is 14.5 Å². The van der Waals surface area contributed by atoms with Crippen LogP contribution in [0.3, 0.4) is 0 Å². The lowest BCUT2D eigenvalue weighted by atomic mass is 10.0. The average Bonchev–Trinajstić information content (AvgIpc) is 3.12. The molecule has 1 heterocycles. The van der Waals surface area contributed by atoms with Crippen LogP contribution in [-0.4, -0.2) is 89.3 Å². The number of hydrogen-bond acceptors (Lipinski definition) is 9. The van der Waals surface area contributed by atoms with Crippen LogP contribution >= 0.6 is 0 Å². The van der Waals surface area contributed by atoms with Gasteiger partial charge in [-0.2, -0.15) is 0 Å². The number of carbonyl (C=O) groups excluding carboxylic acids is 3. The van der Waals surface area contributed by atoms with E-state index in [4.69, 9.17) is 16.0 Å². The van der Waals surface area contributed by atoms with Crippen LogP contribution in [0.2, 0.25) is 0 Å². The number of hydroxylamine groups is 1. The lowest BCUT2D eigenvalue weighted by molar-refractivity contribution is -0.120. The summed E-state index contributed by atoms with van der Waals surface area (Å²) in [6.07, 6.45) is 9.68. The number of piperazine rings is 1. The van der Waals surface area contributed by atoms with Crippen molar-refractivity contribution in [3.8, 4) is 18.1 Å². The highest BCUT2D eigenvalue weighted by Crippen LogP contribution is 2.25. The van der Waals surface area contributed by atoms with Gasteiger partial charge in [0.05, 0.1) is 6.61 Å². The van der Waals surface area contributed by atoms with E-state index in [1.165, 1.54) is 0 Å². The minimum atomic E-state index is -0.287. The fourth-order valence-electron chi connectivity index (χ4n) is 5.56. The second-order valence-electron chi connectivity index (χ2n) is 12.2. The topological polar surface area (TPSA) is 103 Å². The molecule has 1 saturated heterocycles. The van der Waals surface area contributed by atoms with Crippen molar-refractivity contribution in [1.29, 1.82) is 0 Å².